The van der Waals surface area contributed by atoms with Crippen LogP contribution in [0, 0.1) is 30.9 Å². The van der Waals surface area contributed by atoms with Crippen molar-refractivity contribution in [2.75, 3.05) is 0 Å². The molecular weight excluding hydrogens is 366 g/mol. The Bertz CT molecular complexity index is 797. The number of ether oxygens (including phenoxy) is 3. The molecule has 1 aromatic carbocycles. The average molecular weight is 395 g/mol. The van der Waals surface area contributed by atoms with E-state index in [-0.39, 0.29) is 6.42 Å². The van der Waals surface area contributed by atoms with Gasteiger partial charge >= 0.3 is 12.4 Å². The van der Waals surface area contributed by atoms with Gasteiger partial charge in [0.15, 0.2) is 0 Å². The SMILES string of the molecule is Cc1c(C)c2c(c(C)c1OC(=O)OC(C)(C)C)CCC(C)(C[C@H](O)[N+](=O)[O-])O2. The zero-order valence-corrected chi connectivity index (χ0v) is 17.5. The molecule has 0 bridgehead atoms. The Labute approximate surface area is 164 Å². The van der Waals surface area contributed by atoms with Crippen molar-refractivity contribution in [2.45, 2.75) is 85.2 Å². The maximum Gasteiger partial charge on any atom is 0.514 e. The first-order valence-electron chi connectivity index (χ1n) is 9.28. The number of nitro groups is 1. The fourth-order valence-corrected chi connectivity index (χ4v) is 3.39. The summed E-state index contributed by atoms with van der Waals surface area (Å²) in [5, 5.41) is 20.5. The van der Waals surface area contributed by atoms with E-state index in [1.807, 2.05) is 20.8 Å². The molecule has 1 heterocycles. The number of aliphatic hydroxyl groups is 1. The molecule has 0 spiro atoms. The summed E-state index contributed by atoms with van der Waals surface area (Å²) in [4.78, 5) is 22.2. The highest BCUT2D eigenvalue weighted by Gasteiger charge is 2.39. The number of fused-ring (bicyclic) bond motifs is 1. The van der Waals surface area contributed by atoms with Crippen molar-refractivity contribution < 1.29 is 29.0 Å². The van der Waals surface area contributed by atoms with Crippen LogP contribution in [-0.2, 0) is 11.2 Å². The summed E-state index contributed by atoms with van der Waals surface area (Å²) >= 11 is 0. The average Bonchev–Trinajstić information content (AvgIpc) is 2.54. The van der Waals surface area contributed by atoms with Crippen LogP contribution in [0.4, 0.5) is 4.79 Å². The van der Waals surface area contributed by atoms with E-state index in [1.54, 1.807) is 27.7 Å². The number of aliphatic hydroxyl groups excluding tert-OH is 1. The number of carbonyl (C=O) groups is 1. The largest absolute Gasteiger partial charge is 0.514 e. The molecule has 0 amide bonds. The molecule has 8 heteroatoms. The Balaban J connectivity index is 2.35. The molecule has 0 radical (unpaired) electrons. The molecule has 0 saturated heterocycles. The van der Waals surface area contributed by atoms with Crippen LogP contribution in [0.1, 0.15) is 62.8 Å². The molecule has 1 unspecified atom stereocenters. The summed E-state index contributed by atoms with van der Waals surface area (Å²) in [7, 11) is 0. The minimum atomic E-state index is -1.68. The first-order valence-corrected chi connectivity index (χ1v) is 9.28. The van der Waals surface area contributed by atoms with Crippen molar-refractivity contribution in [3.8, 4) is 11.5 Å². The van der Waals surface area contributed by atoms with Gasteiger partial charge in [-0.1, -0.05) is 0 Å². The quantitative estimate of drug-likeness (QED) is 0.270. The Kier molecular flexibility index (Phi) is 5.94. The van der Waals surface area contributed by atoms with Crippen LogP contribution >= 0.6 is 0 Å². The highest BCUT2D eigenvalue weighted by atomic mass is 16.7. The van der Waals surface area contributed by atoms with Crippen molar-refractivity contribution in [3.63, 3.8) is 0 Å². The van der Waals surface area contributed by atoms with Crippen LogP contribution in [-0.4, -0.2) is 33.6 Å². The molecule has 0 fully saturated rings. The third kappa shape index (κ3) is 4.73. The normalized spacial score (nSPS) is 20.0. The highest BCUT2D eigenvalue weighted by Crippen LogP contribution is 2.45. The van der Waals surface area contributed by atoms with E-state index in [0.717, 1.165) is 22.3 Å². The first-order chi connectivity index (χ1) is 12.7. The number of nitrogens with zero attached hydrogens (tertiary/aromatic N) is 1. The van der Waals surface area contributed by atoms with E-state index in [2.05, 4.69) is 0 Å². The molecular formula is C20H29NO7. The highest BCUT2D eigenvalue weighted by molar-refractivity contribution is 5.68. The third-order valence-electron chi connectivity index (χ3n) is 5.00. The maximum absolute atomic E-state index is 12.1. The van der Waals surface area contributed by atoms with Gasteiger partial charge in [-0.25, -0.2) is 4.79 Å². The molecule has 2 rings (SSSR count). The topological polar surface area (TPSA) is 108 Å². The predicted octanol–water partition coefficient (Wildman–Crippen LogP) is 3.99. The van der Waals surface area contributed by atoms with Gasteiger partial charge in [0, 0.05) is 5.56 Å². The van der Waals surface area contributed by atoms with Gasteiger partial charge in [-0.2, -0.15) is 0 Å². The van der Waals surface area contributed by atoms with Gasteiger partial charge in [0.2, 0.25) is 0 Å². The van der Waals surface area contributed by atoms with Crippen molar-refractivity contribution in [2.24, 2.45) is 0 Å². The second-order valence-corrected chi connectivity index (χ2v) is 8.60. The molecule has 1 N–H and O–H groups in total. The smallest absolute Gasteiger partial charge is 0.487 e. The second kappa shape index (κ2) is 7.58. The van der Waals surface area contributed by atoms with Crippen LogP contribution in [0.2, 0.25) is 0 Å². The van der Waals surface area contributed by atoms with Crippen LogP contribution in [0.25, 0.3) is 0 Å². The van der Waals surface area contributed by atoms with E-state index in [4.69, 9.17) is 14.2 Å². The molecule has 0 aliphatic carbocycles. The summed E-state index contributed by atoms with van der Waals surface area (Å²) in [6, 6.07) is 0. The number of hydrogen-bond donors (Lipinski definition) is 1. The first kappa shape index (κ1) is 21.9. The Morgan fingerprint density at radius 1 is 1.29 bits per heavy atom. The predicted molar refractivity (Wildman–Crippen MR) is 102 cm³/mol. The van der Waals surface area contributed by atoms with Gasteiger partial charge in [0.25, 0.3) is 0 Å². The summed E-state index contributed by atoms with van der Waals surface area (Å²) in [6.07, 6.45) is -1.46. The Morgan fingerprint density at radius 3 is 2.43 bits per heavy atom. The van der Waals surface area contributed by atoms with Crippen molar-refractivity contribution in [3.05, 3.63) is 32.4 Å². The van der Waals surface area contributed by atoms with Crippen LogP contribution in [0.15, 0.2) is 0 Å². The summed E-state index contributed by atoms with van der Waals surface area (Å²) < 4.78 is 16.9. The van der Waals surface area contributed by atoms with E-state index in [0.29, 0.717) is 24.3 Å². The molecule has 1 aliphatic rings. The van der Waals surface area contributed by atoms with Crippen LogP contribution < -0.4 is 9.47 Å². The molecule has 1 aliphatic heterocycles. The number of carbonyl (C=O) groups excluding carboxylic acids is 1. The summed E-state index contributed by atoms with van der Waals surface area (Å²) in [5.74, 6) is 1.08. The molecule has 8 nitrogen and oxygen atoms in total. The van der Waals surface area contributed by atoms with E-state index >= 15 is 0 Å². The zero-order chi connectivity index (χ0) is 21.4. The van der Waals surface area contributed by atoms with Crippen LogP contribution in [0.3, 0.4) is 0 Å². The number of benzene rings is 1. The fraction of sp³-hybridized carbons (Fsp3) is 0.650. The minimum Gasteiger partial charge on any atom is -0.487 e. The lowest BCUT2D eigenvalue weighted by Gasteiger charge is -2.38. The number of rotatable bonds is 4. The van der Waals surface area contributed by atoms with Crippen molar-refractivity contribution in [1.29, 1.82) is 0 Å². The van der Waals surface area contributed by atoms with Gasteiger partial charge < -0.3 is 19.3 Å². The maximum atomic E-state index is 12.1. The monoisotopic (exact) mass is 395 g/mol. The Hall–Kier alpha value is -2.35. The minimum absolute atomic E-state index is 0.104. The third-order valence-corrected chi connectivity index (χ3v) is 5.00. The zero-order valence-electron chi connectivity index (χ0n) is 17.5. The van der Waals surface area contributed by atoms with E-state index < -0.39 is 28.5 Å². The molecule has 0 aromatic heterocycles. The lowest BCUT2D eigenvalue weighted by molar-refractivity contribution is -0.574. The Morgan fingerprint density at radius 2 is 1.89 bits per heavy atom. The van der Waals surface area contributed by atoms with Gasteiger partial charge in [-0.15, -0.1) is 0 Å². The molecule has 2 atom stereocenters. The van der Waals surface area contributed by atoms with Gasteiger partial charge in [0.05, 0.1) is 11.3 Å². The van der Waals surface area contributed by atoms with E-state index in [1.165, 1.54) is 0 Å². The lowest BCUT2D eigenvalue weighted by Crippen LogP contribution is -2.42. The summed E-state index contributed by atoms with van der Waals surface area (Å²) in [6.45, 7) is 12.6. The number of hydrogen-bond acceptors (Lipinski definition) is 7. The lowest BCUT2D eigenvalue weighted by atomic mass is 9.85. The molecule has 1 aromatic rings. The van der Waals surface area contributed by atoms with Gasteiger partial charge in [-0.3, -0.25) is 10.1 Å². The molecule has 0 saturated carbocycles. The molecule has 28 heavy (non-hydrogen) atoms. The van der Waals surface area contributed by atoms with Crippen LogP contribution in [0.5, 0.6) is 11.5 Å². The van der Waals surface area contributed by atoms with Crippen molar-refractivity contribution in [1.82, 2.24) is 0 Å². The van der Waals surface area contributed by atoms with E-state index in [9.17, 15) is 20.0 Å². The van der Waals surface area contributed by atoms with Crippen molar-refractivity contribution >= 4 is 6.16 Å². The summed E-state index contributed by atoms with van der Waals surface area (Å²) in [5.41, 5.74) is 1.69. The second-order valence-electron chi connectivity index (χ2n) is 8.60. The van der Waals surface area contributed by atoms with Gasteiger partial charge in [0.1, 0.15) is 22.7 Å². The standard InChI is InChI=1S/C20H29NO7/c1-11-12(2)17-14(8-9-20(7,27-17)10-15(22)21(24)25)13(3)16(11)26-18(23)28-19(4,5)6/h15,22H,8-10H2,1-7H3/t15-,20?/m0/s1. The molecule has 156 valence electrons. The fourth-order valence-electron chi connectivity index (χ4n) is 3.39. The van der Waals surface area contributed by atoms with Gasteiger partial charge in [-0.05, 0) is 78.0 Å².